The van der Waals surface area contributed by atoms with Gasteiger partial charge in [0.25, 0.3) is 0 Å². The molecular weight excluding hydrogens is 440 g/mol. The number of rotatable bonds is 6. The third-order valence-electron chi connectivity index (χ3n) is 4.70. The average molecular weight is 456 g/mol. The number of hydrogen-bond donors (Lipinski definition) is 2. The average Bonchev–Trinajstić information content (AvgIpc) is 3.24. The van der Waals surface area contributed by atoms with Gasteiger partial charge in [0.15, 0.2) is 5.75 Å². The Morgan fingerprint density at radius 1 is 0.969 bits per heavy atom. The van der Waals surface area contributed by atoms with Crippen LogP contribution in [0.4, 0.5) is 8.78 Å². The van der Waals surface area contributed by atoms with Crippen LogP contribution in [0.15, 0.2) is 65.6 Å². The Bertz CT molecular complexity index is 1310. The summed E-state index contributed by atoms with van der Waals surface area (Å²) in [5, 5.41) is 6.76. The molecule has 0 saturated heterocycles. The summed E-state index contributed by atoms with van der Waals surface area (Å²) in [6, 6.07) is 13.2. The summed E-state index contributed by atoms with van der Waals surface area (Å²) in [7, 11) is 0. The van der Waals surface area contributed by atoms with E-state index in [0.717, 1.165) is 17.2 Å². The van der Waals surface area contributed by atoms with Gasteiger partial charge in [0, 0.05) is 23.4 Å². The largest absolute Gasteiger partial charge is 0.416 e. The fourth-order valence-electron chi connectivity index (χ4n) is 3.13. The fraction of sp³-hybridized carbons (Fsp3) is 0.0870. The molecule has 0 unspecified atom stereocenters. The lowest BCUT2D eigenvalue weighted by Gasteiger charge is -2.05. The first-order valence-electron chi connectivity index (χ1n) is 9.57. The summed E-state index contributed by atoms with van der Waals surface area (Å²) in [5.41, 5.74) is 1.91. The fourth-order valence-corrected chi connectivity index (χ4v) is 3.26. The Morgan fingerprint density at radius 3 is 2.41 bits per heavy atom. The SMILES string of the molecule is O=C(Oc1cc(CCc2cc(F)cc(F)c2)n[nH]c1=O)c1cc(-c2ccc(Cl)cc2)c[nH]1. The minimum absolute atomic E-state index is 0.156. The maximum absolute atomic E-state index is 13.3. The normalized spacial score (nSPS) is 10.8. The first-order valence-corrected chi connectivity index (χ1v) is 9.95. The van der Waals surface area contributed by atoms with Gasteiger partial charge in [-0.1, -0.05) is 23.7 Å². The van der Waals surface area contributed by atoms with E-state index in [4.69, 9.17) is 16.3 Å². The number of halogens is 3. The van der Waals surface area contributed by atoms with E-state index in [1.807, 2.05) is 12.1 Å². The molecule has 0 aliphatic heterocycles. The van der Waals surface area contributed by atoms with Crippen molar-refractivity contribution in [3.63, 3.8) is 0 Å². The number of H-pyrrole nitrogens is 2. The van der Waals surface area contributed by atoms with Gasteiger partial charge in [0.1, 0.15) is 17.3 Å². The number of hydrogen-bond acceptors (Lipinski definition) is 4. The number of esters is 1. The second-order valence-electron chi connectivity index (χ2n) is 7.03. The molecule has 0 fully saturated rings. The van der Waals surface area contributed by atoms with Gasteiger partial charge in [-0.2, -0.15) is 5.10 Å². The lowest BCUT2D eigenvalue weighted by atomic mass is 10.1. The van der Waals surface area contributed by atoms with Gasteiger partial charge in [0.2, 0.25) is 0 Å². The minimum Gasteiger partial charge on any atom is -0.416 e. The van der Waals surface area contributed by atoms with Crippen LogP contribution in [0.1, 0.15) is 21.7 Å². The summed E-state index contributed by atoms with van der Waals surface area (Å²) < 4.78 is 31.9. The number of aromatic nitrogens is 3. The first kappa shape index (κ1) is 21.5. The lowest BCUT2D eigenvalue weighted by Crippen LogP contribution is -2.18. The molecule has 2 aromatic carbocycles. The molecule has 9 heteroatoms. The standard InChI is InChI=1S/C23H16ClF2N3O3/c24-16-4-2-14(3-5-16)15-9-20(27-12-15)23(31)32-21-11-19(28-29-22(21)30)6-1-13-7-17(25)10-18(26)8-13/h2-5,7-12,27H,1,6H2,(H,29,30). The van der Waals surface area contributed by atoms with Crippen LogP contribution in [0.5, 0.6) is 5.75 Å². The third-order valence-corrected chi connectivity index (χ3v) is 4.95. The predicted molar refractivity (Wildman–Crippen MR) is 115 cm³/mol. The molecule has 0 saturated carbocycles. The molecule has 2 N–H and O–H groups in total. The topological polar surface area (TPSA) is 87.8 Å². The van der Waals surface area contributed by atoms with Crippen molar-refractivity contribution in [1.82, 2.24) is 15.2 Å². The summed E-state index contributed by atoms with van der Waals surface area (Å²) in [5.74, 6) is -2.32. The van der Waals surface area contributed by atoms with Crippen molar-refractivity contribution in [2.45, 2.75) is 12.8 Å². The van der Waals surface area contributed by atoms with E-state index in [1.165, 1.54) is 18.2 Å². The molecule has 0 atom stereocenters. The number of nitrogens with one attached hydrogen (secondary N) is 2. The van der Waals surface area contributed by atoms with Crippen molar-refractivity contribution in [2.75, 3.05) is 0 Å². The van der Waals surface area contributed by atoms with E-state index in [2.05, 4.69) is 15.2 Å². The van der Waals surface area contributed by atoms with Crippen LogP contribution in [-0.2, 0) is 12.8 Å². The molecule has 162 valence electrons. The van der Waals surface area contributed by atoms with Gasteiger partial charge in [-0.15, -0.1) is 0 Å². The van der Waals surface area contributed by atoms with E-state index >= 15 is 0 Å². The van der Waals surface area contributed by atoms with Crippen LogP contribution in [0, 0.1) is 11.6 Å². The zero-order valence-electron chi connectivity index (χ0n) is 16.5. The van der Waals surface area contributed by atoms with Crippen LogP contribution in [0.2, 0.25) is 5.02 Å². The number of aryl methyl sites for hydroxylation is 2. The molecule has 0 bridgehead atoms. The molecule has 0 radical (unpaired) electrons. The number of nitrogens with zero attached hydrogens (tertiary/aromatic N) is 1. The molecule has 0 spiro atoms. The monoisotopic (exact) mass is 455 g/mol. The van der Waals surface area contributed by atoms with Crippen molar-refractivity contribution >= 4 is 17.6 Å². The maximum Gasteiger partial charge on any atom is 0.360 e. The van der Waals surface area contributed by atoms with E-state index in [9.17, 15) is 18.4 Å². The Kier molecular flexibility index (Phi) is 6.13. The van der Waals surface area contributed by atoms with Gasteiger partial charge in [-0.3, -0.25) is 4.79 Å². The summed E-state index contributed by atoms with van der Waals surface area (Å²) >= 11 is 5.89. The van der Waals surface area contributed by atoms with E-state index in [0.29, 0.717) is 16.3 Å². The summed E-state index contributed by atoms with van der Waals surface area (Å²) in [6.07, 6.45) is 2.19. The third kappa shape index (κ3) is 5.09. The van der Waals surface area contributed by atoms with Crippen molar-refractivity contribution < 1.29 is 18.3 Å². The zero-order valence-corrected chi connectivity index (χ0v) is 17.2. The van der Waals surface area contributed by atoms with Crippen LogP contribution in [-0.4, -0.2) is 21.2 Å². The van der Waals surface area contributed by atoms with Crippen molar-refractivity contribution in [3.8, 4) is 16.9 Å². The zero-order chi connectivity index (χ0) is 22.7. The first-order chi connectivity index (χ1) is 15.4. The molecule has 0 aliphatic rings. The highest BCUT2D eigenvalue weighted by molar-refractivity contribution is 6.30. The van der Waals surface area contributed by atoms with Gasteiger partial charge >= 0.3 is 11.5 Å². The Hall–Kier alpha value is -3.78. The molecule has 6 nitrogen and oxygen atoms in total. The van der Waals surface area contributed by atoms with Crippen LogP contribution in [0.3, 0.4) is 0 Å². The number of ether oxygens (including phenoxy) is 1. The Morgan fingerprint density at radius 2 is 1.69 bits per heavy atom. The van der Waals surface area contributed by atoms with Crippen molar-refractivity contribution in [1.29, 1.82) is 0 Å². The second-order valence-corrected chi connectivity index (χ2v) is 7.47. The van der Waals surface area contributed by atoms with Gasteiger partial charge in [0.05, 0.1) is 5.69 Å². The molecule has 4 rings (SSSR count). The molecule has 2 heterocycles. The summed E-state index contributed by atoms with van der Waals surface area (Å²) in [6.45, 7) is 0. The number of aromatic amines is 2. The van der Waals surface area contributed by atoms with Crippen molar-refractivity contribution in [2.24, 2.45) is 0 Å². The van der Waals surface area contributed by atoms with Crippen LogP contribution in [0.25, 0.3) is 11.1 Å². The van der Waals surface area contributed by atoms with E-state index in [-0.39, 0.29) is 24.3 Å². The van der Waals surface area contributed by atoms with E-state index < -0.39 is 23.2 Å². The highest BCUT2D eigenvalue weighted by Gasteiger charge is 2.15. The van der Waals surface area contributed by atoms with E-state index in [1.54, 1.807) is 24.4 Å². The maximum atomic E-state index is 13.3. The van der Waals surface area contributed by atoms with Crippen LogP contribution >= 0.6 is 11.6 Å². The Balaban J connectivity index is 1.46. The molecular formula is C23H16ClF2N3O3. The minimum atomic E-state index is -0.750. The Labute approximate surface area is 185 Å². The molecule has 0 aliphatic carbocycles. The number of benzene rings is 2. The summed E-state index contributed by atoms with van der Waals surface area (Å²) in [4.78, 5) is 27.4. The second kappa shape index (κ2) is 9.15. The molecule has 4 aromatic rings. The predicted octanol–water partition coefficient (Wildman–Crippen LogP) is 4.70. The molecule has 2 aromatic heterocycles. The van der Waals surface area contributed by atoms with Gasteiger partial charge in [-0.05, 0) is 59.9 Å². The highest BCUT2D eigenvalue weighted by atomic mass is 35.5. The lowest BCUT2D eigenvalue weighted by molar-refractivity contribution is 0.0726. The molecule has 32 heavy (non-hydrogen) atoms. The highest BCUT2D eigenvalue weighted by Crippen LogP contribution is 2.23. The quantitative estimate of drug-likeness (QED) is 0.412. The number of carbonyl (C=O) groups excluding carboxylic acids is 1. The van der Waals surface area contributed by atoms with Crippen molar-refractivity contribution in [3.05, 3.63) is 105 Å². The van der Waals surface area contributed by atoms with Crippen LogP contribution < -0.4 is 10.3 Å². The smallest absolute Gasteiger partial charge is 0.360 e. The van der Waals surface area contributed by atoms with Gasteiger partial charge in [-0.25, -0.2) is 18.7 Å². The molecule has 0 amide bonds. The number of carbonyl (C=O) groups is 1. The van der Waals surface area contributed by atoms with Gasteiger partial charge < -0.3 is 9.72 Å².